The van der Waals surface area contributed by atoms with Gasteiger partial charge in [0.05, 0.1) is 12.2 Å². The molecule has 1 heterocycles. The van der Waals surface area contributed by atoms with Crippen molar-refractivity contribution < 1.29 is 4.39 Å². The first-order valence-electron chi connectivity index (χ1n) is 6.04. The van der Waals surface area contributed by atoms with Crippen molar-refractivity contribution in [2.75, 3.05) is 5.73 Å². The van der Waals surface area contributed by atoms with Crippen LogP contribution in [0.15, 0.2) is 18.2 Å². The maximum absolute atomic E-state index is 13.0. The summed E-state index contributed by atoms with van der Waals surface area (Å²) in [6.07, 6.45) is 1.83. The van der Waals surface area contributed by atoms with E-state index in [4.69, 9.17) is 5.73 Å². The molecule has 0 fully saturated rings. The number of rotatable bonds is 4. The first-order chi connectivity index (χ1) is 8.61. The Kier molecular flexibility index (Phi) is 3.60. The molecule has 4 nitrogen and oxygen atoms in total. The fourth-order valence-electron chi connectivity index (χ4n) is 1.97. The van der Waals surface area contributed by atoms with E-state index in [2.05, 4.69) is 17.2 Å². The predicted octanol–water partition coefficient (Wildman–Crippen LogP) is 2.31. The van der Waals surface area contributed by atoms with Gasteiger partial charge in [-0.05, 0) is 36.6 Å². The highest BCUT2D eigenvalue weighted by molar-refractivity contribution is 5.34. The van der Waals surface area contributed by atoms with E-state index in [1.165, 1.54) is 12.1 Å². The molecule has 0 bridgehead atoms. The molecule has 0 aliphatic carbocycles. The van der Waals surface area contributed by atoms with E-state index in [9.17, 15) is 4.39 Å². The molecule has 1 aromatic heterocycles. The van der Waals surface area contributed by atoms with Gasteiger partial charge in [-0.2, -0.15) is 0 Å². The van der Waals surface area contributed by atoms with Gasteiger partial charge in [0.15, 0.2) is 5.82 Å². The molecule has 0 saturated heterocycles. The second-order valence-electron chi connectivity index (χ2n) is 4.40. The van der Waals surface area contributed by atoms with Gasteiger partial charge in [0.1, 0.15) is 5.82 Å². The molecule has 0 radical (unpaired) electrons. The monoisotopic (exact) mass is 248 g/mol. The lowest BCUT2D eigenvalue weighted by atomic mass is 10.1. The lowest BCUT2D eigenvalue weighted by Crippen LogP contribution is -2.08. The van der Waals surface area contributed by atoms with E-state index < -0.39 is 0 Å². The highest BCUT2D eigenvalue weighted by Gasteiger charge is 2.10. The maximum atomic E-state index is 13.0. The first-order valence-corrected chi connectivity index (χ1v) is 6.04. The molecule has 1 aromatic carbocycles. The zero-order valence-electron chi connectivity index (χ0n) is 10.7. The lowest BCUT2D eigenvalue weighted by molar-refractivity contribution is 0.604. The minimum atomic E-state index is -0.219. The molecule has 0 amide bonds. The molecule has 0 saturated carbocycles. The molecule has 2 rings (SSSR count). The number of nitrogens with two attached hydrogens (primary N) is 1. The molecule has 2 N–H and O–H groups in total. The Morgan fingerprint density at radius 1 is 1.39 bits per heavy atom. The van der Waals surface area contributed by atoms with Crippen molar-refractivity contribution >= 4 is 5.82 Å². The minimum absolute atomic E-state index is 0.219. The van der Waals surface area contributed by atoms with Crippen molar-refractivity contribution in [2.24, 2.45) is 0 Å². The summed E-state index contributed by atoms with van der Waals surface area (Å²) in [5.74, 6) is 0.264. The van der Waals surface area contributed by atoms with Gasteiger partial charge in [-0.25, -0.2) is 9.07 Å². The topological polar surface area (TPSA) is 56.7 Å². The average Bonchev–Trinajstić information content (AvgIpc) is 2.66. The van der Waals surface area contributed by atoms with Crippen LogP contribution in [0.1, 0.15) is 30.2 Å². The highest BCUT2D eigenvalue weighted by Crippen LogP contribution is 2.15. The van der Waals surface area contributed by atoms with Crippen molar-refractivity contribution in [1.82, 2.24) is 15.0 Å². The van der Waals surface area contributed by atoms with Gasteiger partial charge in [0.2, 0.25) is 0 Å². The standard InChI is InChI=1S/C13H17FN4/c1-3-4-12-13(15)16-17-18(12)8-10-5-6-11(14)7-9(10)2/h5-7H,3-4,8,15H2,1-2H3. The summed E-state index contributed by atoms with van der Waals surface area (Å²) >= 11 is 0. The largest absolute Gasteiger partial charge is 0.381 e. The van der Waals surface area contributed by atoms with Crippen LogP contribution in [0.5, 0.6) is 0 Å². The summed E-state index contributed by atoms with van der Waals surface area (Å²) in [7, 11) is 0. The van der Waals surface area contributed by atoms with Crippen LogP contribution in [0.25, 0.3) is 0 Å². The predicted molar refractivity (Wildman–Crippen MR) is 68.7 cm³/mol. The summed E-state index contributed by atoms with van der Waals surface area (Å²) in [6, 6.07) is 4.76. The van der Waals surface area contributed by atoms with E-state index in [1.54, 1.807) is 10.7 Å². The van der Waals surface area contributed by atoms with Crippen molar-refractivity contribution in [3.63, 3.8) is 0 Å². The van der Waals surface area contributed by atoms with Gasteiger partial charge in [-0.3, -0.25) is 0 Å². The third-order valence-electron chi connectivity index (χ3n) is 2.98. The number of hydrogen-bond acceptors (Lipinski definition) is 3. The maximum Gasteiger partial charge on any atom is 0.169 e. The Bertz CT molecular complexity index is 548. The molecule has 0 aliphatic heterocycles. The van der Waals surface area contributed by atoms with Crippen LogP contribution in [0.2, 0.25) is 0 Å². The fraction of sp³-hybridized carbons (Fsp3) is 0.385. The second-order valence-corrected chi connectivity index (χ2v) is 4.40. The Balaban J connectivity index is 2.28. The van der Waals surface area contributed by atoms with Gasteiger partial charge < -0.3 is 5.73 Å². The smallest absolute Gasteiger partial charge is 0.169 e. The van der Waals surface area contributed by atoms with Crippen LogP contribution in [0.3, 0.4) is 0 Å². The Morgan fingerprint density at radius 2 is 2.17 bits per heavy atom. The van der Waals surface area contributed by atoms with E-state index in [0.29, 0.717) is 12.4 Å². The molecule has 2 aromatic rings. The lowest BCUT2D eigenvalue weighted by Gasteiger charge is -2.08. The number of nitrogen functional groups attached to an aromatic ring is 1. The molecular weight excluding hydrogens is 231 g/mol. The van der Waals surface area contributed by atoms with E-state index in [-0.39, 0.29) is 5.82 Å². The second kappa shape index (κ2) is 5.16. The summed E-state index contributed by atoms with van der Waals surface area (Å²) < 4.78 is 14.8. The number of hydrogen-bond donors (Lipinski definition) is 1. The van der Waals surface area contributed by atoms with Crippen molar-refractivity contribution in [1.29, 1.82) is 0 Å². The minimum Gasteiger partial charge on any atom is -0.381 e. The van der Waals surface area contributed by atoms with Gasteiger partial charge in [-0.15, -0.1) is 5.10 Å². The number of halogens is 1. The van der Waals surface area contributed by atoms with Crippen LogP contribution in [-0.2, 0) is 13.0 Å². The number of aromatic nitrogens is 3. The number of nitrogens with zero attached hydrogens (tertiary/aromatic N) is 3. The molecule has 96 valence electrons. The normalized spacial score (nSPS) is 10.8. The third-order valence-corrected chi connectivity index (χ3v) is 2.98. The van der Waals surface area contributed by atoms with E-state index in [0.717, 1.165) is 29.7 Å². The highest BCUT2D eigenvalue weighted by atomic mass is 19.1. The van der Waals surface area contributed by atoms with Gasteiger partial charge in [-0.1, -0.05) is 24.6 Å². The molecule has 0 spiro atoms. The molecule has 18 heavy (non-hydrogen) atoms. The van der Waals surface area contributed by atoms with Crippen LogP contribution >= 0.6 is 0 Å². The third kappa shape index (κ3) is 2.50. The van der Waals surface area contributed by atoms with Gasteiger partial charge in [0.25, 0.3) is 0 Å². The van der Waals surface area contributed by atoms with Crippen molar-refractivity contribution in [3.8, 4) is 0 Å². The van der Waals surface area contributed by atoms with Gasteiger partial charge >= 0.3 is 0 Å². The number of benzene rings is 1. The van der Waals surface area contributed by atoms with Crippen molar-refractivity contribution in [3.05, 3.63) is 40.8 Å². The van der Waals surface area contributed by atoms with Crippen molar-refractivity contribution in [2.45, 2.75) is 33.2 Å². The molecule has 0 atom stereocenters. The fourth-order valence-corrected chi connectivity index (χ4v) is 1.97. The summed E-state index contributed by atoms with van der Waals surface area (Å²) in [5.41, 5.74) is 8.67. The van der Waals surface area contributed by atoms with Crippen LogP contribution in [0, 0.1) is 12.7 Å². The van der Waals surface area contributed by atoms with Crippen LogP contribution < -0.4 is 5.73 Å². The molecule has 0 aliphatic rings. The number of aryl methyl sites for hydroxylation is 1. The average molecular weight is 248 g/mol. The number of anilines is 1. The summed E-state index contributed by atoms with van der Waals surface area (Å²) in [6.45, 7) is 4.55. The van der Waals surface area contributed by atoms with E-state index in [1.807, 2.05) is 6.92 Å². The Labute approximate surface area is 106 Å². The zero-order chi connectivity index (χ0) is 13.1. The Morgan fingerprint density at radius 3 is 2.83 bits per heavy atom. The summed E-state index contributed by atoms with van der Waals surface area (Å²) in [5, 5.41) is 7.94. The van der Waals surface area contributed by atoms with Crippen LogP contribution in [0.4, 0.5) is 10.2 Å². The summed E-state index contributed by atoms with van der Waals surface area (Å²) in [4.78, 5) is 0. The molecular formula is C13H17FN4. The Hall–Kier alpha value is -1.91. The van der Waals surface area contributed by atoms with E-state index >= 15 is 0 Å². The quantitative estimate of drug-likeness (QED) is 0.903. The zero-order valence-corrected chi connectivity index (χ0v) is 10.7. The SMILES string of the molecule is CCCc1c(N)nnn1Cc1ccc(F)cc1C. The van der Waals surface area contributed by atoms with Crippen LogP contribution in [-0.4, -0.2) is 15.0 Å². The van der Waals surface area contributed by atoms with Gasteiger partial charge in [0, 0.05) is 0 Å². The first kappa shape index (κ1) is 12.5. The molecule has 5 heteroatoms. The molecule has 0 unspecified atom stereocenters.